The molecule has 148 valence electrons. The van der Waals surface area contributed by atoms with Gasteiger partial charge in [0.05, 0.1) is 5.92 Å². The van der Waals surface area contributed by atoms with Crippen molar-refractivity contribution < 1.29 is 14.7 Å². The topological polar surface area (TPSA) is 60.9 Å². The molecule has 1 heterocycles. The van der Waals surface area contributed by atoms with Crippen LogP contribution >= 0.6 is 0 Å². The molecule has 0 aliphatic carbocycles. The standard InChI is InChI=1S/C23H28N2O3/c1-17-21(23(27)28)12-7-13-25(17)22(26)20-11-6-10-19(14-20)16-24(2)15-18-8-4-3-5-9-18/h3-6,8-11,14,17,21H,7,12-13,15-16H2,1-2H3,(H,27,28)/t17-,21-/m1/s1. The fourth-order valence-electron chi connectivity index (χ4n) is 3.99. The van der Waals surface area contributed by atoms with Gasteiger partial charge >= 0.3 is 5.97 Å². The second-order valence-electron chi connectivity index (χ2n) is 7.68. The van der Waals surface area contributed by atoms with Gasteiger partial charge in [-0.2, -0.15) is 0 Å². The zero-order valence-corrected chi connectivity index (χ0v) is 16.5. The normalized spacial score (nSPS) is 19.6. The quantitative estimate of drug-likeness (QED) is 0.831. The third-order valence-corrected chi connectivity index (χ3v) is 5.49. The average Bonchev–Trinajstić information content (AvgIpc) is 2.68. The highest BCUT2D eigenvalue weighted by molar-refractivity contribution is 5.95. The molecule has 1 aliphatic heterocycles. The Morgan fingerprint density at radius 1 is 1.07 bits per heavy atom. The summed E-state index contributed by atoms with van der Waals surface area (Å²) in [7, 11) is 2.06. The van der Waals surface area contributed by atoms with Crippen molar-refractivity contribution in [1.29, 1.82) is 0 Å². The van der Waals surface area contributed by atoms with Crippen LogP contribution in [0.1, 0.15) is 41.3 Å². The first-order chi connectivity index (χ1) is 13.5. The number of amides is 1. The van der Waals surface area contributed by atoms with Crippen molar-refractivity contribution in [2.45, 2.75) is 38.9 Å². The van der Waals surface area contributed by atoms with Crippen molar-refractivity contribution in [3.8, 4) is 0 Å². The lowest BCUT2D eigenvalue weighted by Gasteiger charge is -2.37. The van der Waals surface area contributed by atoms with E-state index in [1.807, 2.05) is 49.4 Å². The maximum atomic E-state index is 13.0. The largest absolute Gasteiger partial charge is 0.481 e. The predicted octanol–water partition coefficient (Wildman–Crippen LogP) is 3.64. The first-order valence-electron chi connectivity index (χ1n) is 9.81. The molecule has 5 nitrogen and oxygen atoms in total. The smallest absolute Gasteiger partial charge is 0.308 e. The number of nitrogens with zero attached hydrogens (tertiary/aromatic N) is 2. The Kier molecular flexibility index (Phi) is 6.47. The van der Waals surface area contributed by atoms with Crippen LogP contribution in [0.2, 0.25) is 0 Å². The molecule has 1 N–H and O–H groups in total. The highest BCUT2D eigenvalue weighted by Crippen LogP contribution is 2.25. The third-order valence-electron chi connectivity index (χ3n) is 5.49. The summed E-state index contributed by atoms with van der Waals surface area (Å²) in [4.78, 5) is 28.4. The number of aliphatic carboxylic acids is 1. The highest BCUT2D eigenvalue weighted by atomic mass is 16.4. The van der Waals surface area contributed by atoms with Crippen LogP contribution in [0.3, 0.4) is 0 Å². The minimum absolute atomic E-state index is 0.0778. The number of piperidine rings is 1. The Labute approximate surface area is 166 Å². The molecule has 1 saturated heterocycles. The van der Waals surface area contributed by atoms with Gasteiger partial charge in [-0.1, -0.05) is 42.5 Å². The summed E-state index contributed by atoms with van der Waals surface area (Å²) >= 11 is 0. The molecule has 0 spiro atoms. The van der Waals surface area contributed by atoms with Gasteiger partial charge in [0.2, 0.25) is 0 Å². The fourth-order valence-corrected chi connectivity index (χ4v) is 3.99. The minimum atomic E-state index is -0.818. The molecule has 2 aromatic rings. The van der Waals surface area contributed by atoms with Crippen molar-refractivity contribution in [2.75, 3.05) is 13.6 Å². The lowest BCUT2D eigenvalue weighted by Crippen LogP contribution is -2.49. The Bertz CT molecular complexity index is 822. The van der Waals surface area contributed by atoms with Crippen LogP contribution in [0, 0.1) is 5.92 Å². The van der Waals surface area contributed by atoms with Crippen LogP contribution < -0.4 is 0 Å². The molecular weight excluding hydrogens is 352 g/mol. The Balaban J connectivity index is 1.68. The predicted molar refractivity (Wildman–Crippen MR) is 109 cm³/mol. The van der Waals surface area contributed by atoms with Gasteiger partial charge in [-0.25, -0.2) is 0 Å². The van der Waals surface area contributed by atoms with E-state index in [-0.39, 0.29) is 11.9 Å². The SMILES string of the molecule is C[C@@H]1[C@H](C(=O)O)CCCN1C(=O)c1cccc(CN(C)Cc2ccccc2)c1. The van der Waals surface area contributed by atoms with E-state index in [0.717, 1.165) is 25.1 Å². The van der Waals surface area contributed by atoms with Crippen molar-refractivity contribution in [2.24, 2.45) is 5.92 Å². The van der Waals surface area contributed by atoms with E-state index >= 15 is 0 Å². The van der Waals surface area contributed by atoms with Crippen LogP contribution in [0.4, 0.5) is 0 Å². The number of carbonyl (C=O) groups excluding carboxylic acids is 1. The first-order valence-corrected chi connectivity index (χ1v) is 9.81. The number of hydrogen-bond acceptors (Lipinski definition) is 3. The van der Waals surface area contributed by atoms with E-state index in [2.05, 4.69) is 24.1 Å². The number of carbonyl (C=O) groups is 2. The fraction of sp³-hybridized carbons (Fsp3) is 0.391. The molecule has 5 heteroatoms. The molecule has 0 bridgehead atoms. The van der Waals surface area contributed by atoms with Crippen LogP contribution in [0.25, 0.3) is 0 Å². The van der Waals surface area contributed by atoms with E-state index in [1.54, 1.807) is 4.90 Å². The lowest BCUT2D eigenvalue weighted by molar-refractivity contribution is -0.144. The summed E-state index contributed by atoms with van der Waals surface area (Å²) in [6.07, 6.45) is 1.36. The molecule has 0 saturated carbocycles. The molecule has 28 heavy (non-hydrogen) atoms. The van der Waals surface area contributed by atoms with Crippen molar-refractivity contribution in [3.63, 3.8) is 0 Å². The monoisotopic (exact) mass is 380 g/mol. The van der Waals surface area contributed by atoms with E-state index in [0.29, 0.717) is 18.5 Å². The first kappa shape index (κ1) is 20.1. The summed E-state index contributed by atoms with van der Waals surface area (Å²) < 4.78 is 0. The molecule has 1 fully saturated rings. The molecule has 0 radical (unpaired) electrons. The Hall–Kier alpha value is -2.66. The van der Waals surface area contributed by atoms with Crippen LogP contribution in [0.15, 0.2) is 54.6 Å². The number of carboxylic acids is 1. The van der Waals surface area contributed by atoms with E-state index in [1.165, 1.54) is 5.56 Å². The number of carboxylic acid groups (broad SMARTS) is 1. The van der Waals surface area contributed by atoms with Crippen LogP contribution in [-0.4, -0.2) is 46.4 Å². The third kappa shape index (κ3) is 4.78. The van der Waals surface area contributed by atoms with Gasteiger partial charge in [-0.05, 0) is 50.1 Å². The summed E-state index contributed by atoms with van der Waals surface area (Å²) in [6.45, 7) is 4.03. The second kappa shape index (κ2) is 9.02. The van der Waals surface area contributed by atoms with Crippen molar-refractivity contribution >= 4 is 11.9 Å². The molecule has 2 aromatic carbocycles. The van der Waals surface area contributed by atoms with Crippen molar-refractivity contribution in [3.05, 3.63) is 71.3 Å². The maximum Gasteiger partial charge on any atom is 0.308 e. The number of likely N-dealkylation sites (tertiary alicyclic amines) is 1. The molecule has 0 aromatic heterocycles. The van der Waals surface area contributed by atoms with E-state index in [9.17, 15) is 14.7 Å². The highest BCUT2D eigenvalue weighted by Gasteiger charge is 2.35. The molecular formula is C23H28N2O3. The molecule has 1 amide bonds. The van der Waals surface area contributed by atoms with Gasteiger partial charge in [0, 0.05) is 31.2 Å². The molecule has 1 aliphatic rings. The Morgan fingerprint density at radius 2 is 1.75 bits per heavy atom. The maximum absolute atomic E-state index is 13.0. The van der Waals surface area contributed by atoms with Gasteiger partial charge in [-0.3, -0.25) is 14.5 Å². The van der Waals surface area contributed by atoms with Gasteiger partial charge < -0.3 is 10.0 Å². The minimum Gasteiger partial charge on any atom is -0.481 e. The average molecular weight is 380 g/mol. The lowest BCUT2D eigenvalue weighted by atomic mass is 9.89. The summed E-state index contributed by atoms with van der Waals surface area (Å²) in [5.74, 6) is -1.38. The van der Waals surface area contributed by atoms with Gasteiger partial charge in [-0.15, -0.1) is 0 Å². The number of benzene rings is 2. The molecule has 2 atom stereocenters. The van der Waals surface area contributed by atoms with Gasteiger partial charge in [0.25, 0.3) is 5.91 Å². The van der Waals surface area contributed by atoms with E-state index < -0.39 is 11.9 Å². The van der Waals surface area contributed by atoms with Crippen molar-refractivity contribution in [1.82, 2.24) is 9.80 Å². The second-order valence-corrected chi connectivity index (χ2v) is 7.68. The molecule has 0 unspecified atom stereocenters. The van der Waals surface area contributed by atoms with Crippen LogP contribution in [0.5, 0.6) is 0 Å². The molecule has 3 rings (SSSR count). The Morgan fingerprint density at radius 3 is 2.46 bits per heavy atom. The number of rotatable bonds is 6. The number of hydrogen-bond donors (Lipinski definition) is 1. The summed E-state index contributed by atoms with van der Waals surface area (Å²) in [5, 5.41) is 9.40. The zero-order chi connectivity index (χ0) is 20.1. The zero-order valence-electron chi connectivity index (χ0n) is 16.5. The van der Waals surface area contributed by atoms with E-state index in [4.69, 9.17) is 0 Å². The van der Waals surface area contributed by atoms with Gasteiger partial charge in [0.15, 0.2) is 0 Å². The summed E-state index contributed by atoms with van der Waals surface area (Å²) in [5.41, 5.74) is 2.95. The van der Waals surface area contributed by atoms with Gasteiger partial charge in [0.1, 0.15) is 0 Å². The summed E-state index contributed by atoms with van der Waals surface area (Å²) in [6, 6.07) is 17.7. The van der Waals surface area contributed by atoms with Crippen LogP contribution in [-0.2, 0) is 17.9 Å².